The quantitative estimate of drug-likeness (QED) is 0.151. The van der Waals surface area contributed by atoms with Crippen LogP contribution < -0.4 is 15.6 Å². The Kier molecular flexibility index (Phi) is 9.23. The Labute approximate surface area is 255 Å². The second-order valence-corrected chi connectivity index (χ2v) is 11.6. The first kappa shape index (κ1) is 30.3. The van der Waals surface area contributed by atoms with Gasteiger partial charge in [-0.3, -0.25) is 14.9 Å². The summed E-state index contributed by atoms with van der Waals surface area (Å²) >= 11 is 15.6. The average Bonchev–Trinajstić information content (AvgIpc) is 3.11. The molecule has 0 saturated carbocycles. The van der Waals surface area contributed by atoms with E-state index in [1.54, 1.807) is 57.2 Å². The molecule has 0 bridgehead atoms. The Morgan fingerprint density at radius 2 is 1.68 bits per heavy atom. The summed E-state index contributed by atoms with van der Waals surface area (Å²) in [6.07, 6.45) is -1.26. The van der Waals surface area contributed by atoms with E-state index in [4.69, 9.17) is 23.2 Å². The molecule has 13 heteroatoms. The highest BCUT2D eigenvalue weighted by Crippen LogP contribution is 2.38. The Bertz CT molecular complexity index is 1500. The summed E-state index contributed by atoms with van der Waals surface area (Å²) in [6, 6.07) is 18.7. The maximum atomic E-state index is 13.8. The number of hydrazone groups is 1. The molecule has 3 N–H and O–H groups in total. The van der Waals surface area contributed by atoms with Gasteiger partial charge in [-0.1, -0.05) is 63.4 Å². The first-order chi connectivity index (χ1) is 19.4. The van der Waals surface area contributed by atoms with Gasteiger partial charge in [0.15, 0.2) is 6.17 Å². The molecule has 4 rings (SSSR count). The zero-order valence-electron chi connectivity index (χ0n) is 22.3. The summed E-state index contributed by atoms with van der Waals surface area (Å²) in [5.41, 5.74) is 3.26. The number of carbonyl (C=O) groups excluding carboxylic acids is 3. The highest BCUT2D eigenvalue weighted by molar-refractivity contribution is 9.10. The number of nitrogens with one attached hydrogen (secondary N) is 2. The van der Waals surface area contributed by atoms with Crippen molar-refractivity contribution < 1.29 is 19.6 Å². The van der Waals surface area contributed by atoms with Crippen molar-refractivity contribution in [1.29, 1.82) is 0 Å². The van der Waals surface area contributed by atoms with Gasteiger partial charge in [-0.15, -0.1) is 0 Å². The van der Waals surface area contributed by atoms with E-state index >= 15 is 0 Å². The summed E-state index contributed by atoms with van der Waals surface area (Å²) in [6.45, 7) is 4.62. The van der Waals surface area contributed by atoms with Gasteiger partial charge in [-0.05, 0) is 74.9 Å². The Morgan fingerprint density at radius 3 is 2.32 bits per heavy atom. The van der Waals surface area contributed by atoms with Crippen LogP contribution in [0.1, 0.15) is 26.3 Å². The van der Waals surface area contributed by atoms with Crippen molar-refractivity contribution in [2.24, 2.45) is 5.10 Å². The molecule has 1 saturated heterocycles. The summed E-state index contributed by atoms with van der Waals surface area (Å²) in [7, 11) is 0. The van der Waals surface area contributed by atoms with Gasteiger partial charge >= 0.3 is 12.1 Å². The average molecular weight is 662 g/mol. The summed E-state index contributed by atoms with van der Waals surface area (Å²) in [5, 5.41) is 19.1. The van der Waals surface area contributed by atoms with Crippen molar-refractivity contribution in [2.45, 2.75) is 32.5 Å². The van der Waals surface area contributed by atoms with Crippen LogP contribution in [0.3, 0.4) is 0 Å². The molecule has 214 valence electrons. The van der Waals surface area contributed by atoms with Crippen molar-refractivity contribution in [1.82, 2.24) is 15.4 Å². The minimum Gasteiger partial charge on any atom is -0.306 e. The number of anilines is 2. The van der Waals surface area contributed by atoms with Crippen LogP contribution in [0.25, 0.3) is 0 Å². The molecule has 10 nitrogen and oxygen atoms in total. The first-order valence-electron chi connectivity index (χ1n) is 12.4. The zero-order chi connectivity index (χ0) is 29.9. The van der Waals surface area contributed by atoms with Crippen LogP contribution >= 0.6 is 39.1 Å². The number of hydroxylamine groups is 2. The molecule has 1 unspecified atom stereocenters. The molecule has 0 aromatic heterocycles. The minimum atomic E-state index is -1.26. The van der Waals surface area contributed by atoms with Crippen molar-refractivity contribution in [2.75, 3.05) is 16.8 Å². The normalized spacial score (nSPS) is 16.5. The number of benzene rings is 3. The molecule has 1 aliphatic heterocycles. The van der Waals surface area contributed by atoms with Gasteiger partial charge in [0.05, 0.1) is 11.3 Å². The van der Waals surface area contributed by atoms with Crippen molar-refractivity contribution in [3.8, 4) is 0 Å². The number of hydrogen-bond acceptors (Lipinski definition) is 5. The highest BCUT2D eigenvalue weighted by atomic mass is 79.9. The fourth-order valence-electron chi connectivity index (χ4n) is 4.43. The molecule has 5 amide bonds. The molecular formula is C28H27BrCl2N6O4. The Hall–Kier alpha value is -3.64. The van der Waals surface area contributed by atoms with Crippen molar-refractivity contribution >= 4 is 74.2 Å². The second kappa shape index (κ2) is 12.5. The monoisotopic (exact) mass is 660 g/mol. The smallest absolute Gasteiger partial charge is 0.306 e. The van der Waals surface area contributed by atoms with Gasteiger partial charge in [0, 0.05) is 25.9 Å². The first-order valence-corrected chi connectivity index (χ1v) is 13.9. The van der Waals surface area contributed by atoms with Gasteiger partial charge < -0.3 is 10.2 Å². The number of nitrogens with zero attached hydrogens (tertiary/aromatic N) is 4. The Balaban J connectivity index is 1.60. The third-order valence-corrected chi connectivity index (χ3v) is 7.52. The number of halogens is 3. The maximum Gasteiger partial charge on any atom is 0.347 e. The molecule has 1 heterocycles. The number of hydrogen-bond donors (Lipinski definition) is 3. The molecule has 0 radical (unpaired) electrons. The van der Waals surface area contributed by atoms with E-state index < -0.39 is 36.2 Å². The number of carbonyl (C=O) groups is 3. The van der Waals surface area contributed by atoms with Crippen LogP contribution in [-0.2, 0) is 4.79 Å². The predicted octanol–water partition coefficient (Wildman–Crippen LogP) is 6.57. The fraction of sp³-hybridized carbons (Fsp3) is 0.214. The Morgan fingerprint density at radius 1 is 1.05 bits per heavy atom. The molecule has 3 aromatic rings. The molecule has 1 fully saturated rings. The lowest BCUT2D eigenvalue weighted by Gasteiger charge is -2.38. The van der Waals surface area contributed by atoms with Gasteiger partial charge in [0.2, 0.25) is 0 Å². The second-order valence-electron chi connectivity index (χ2n) is 9.77. The maximum absolute atomic E-state index is 13.8. The van der Waals surface area contributed by atoms with Crippen LogP contribution in [0.4, 0.5) is 21.0 Å². The summed E-state index contributed by atoms with van der Waals surface area (Å²) < 4.78 is 0.908. The van der Waals surface area contributed by atoms with Gasteiger partial charge in [-0.2, -0.15) is 10.2 Å². The minimum absolute atomic E-state index is 0.321. The van der Waals surface area contributed by atoms with E-state index in [0.717, 1.165) is 10.0 Å². The zero-order valence-corrected chi connectivity index (χ0v) is 25.4. The van der Waals surface area contributed by atoms with Gasteiger partial charge in [0.25, 0.3) is 5.91 Å². The van der Waals surface area contributed by atoms with E-state index in [2.05, 4.69) is 31.8 Å². The van der Waals surface area contributed by atoms with E-state index in [9.17, 15) is 19.6 Å². The third-order valence-electron chi connectivity index (χ3n) is 6.52. The van der Waals surface area contributed by atoms with E-state index in [1.165, 1.54) is 21.9 Å². The number of amides is 5. The standard InChI is InChI=1S/C28H27BrCl2N6O4/c1-17(18-10-12-19(29)13-11-18)33-34-24(38)16-35-27(40)36(23-9-5-7-21(31)15-23)25(28(35,2)3)37(41)26(39)32-22-8-4-6-20(30)14-22/h4-15,25,41H,16H2,1-3H3,(H,32,39)(H,34,38). The van der Waals surface area contributed by atoms with Crippen LogP contribution in [-0.4, -0.2) is 57.1 Å². The highest BCUT2D eigenvalue weighted by Gasteiger charge is 2.56. The van der Waals surface area contributed by atoms with E-state index in [0.29, 0.717) is 32.2 Å². The fourth-order valence-corrected chi connectivity index (χ4v) is 5.07. The topological polar surface area (TPSA) is 118 Å². The number of urea groups is 2. The van der Waals surface area contributed by atoms with Crippen molar-refractivity contribution in [3.63, 3.8) is 0 Å². The lowest BCUT2D eigenvalue weighted by molar-refractivity contribution is -0.124. The van der Waals surface area contributed by atoms with Crippen LogP contribution in [0, 0.1) is 0 Å². The van der Waals surface area contributed by atoms with E-state index in [1.807, 2.05) is 24.3 Å². The SMILES string of the molecule is CC(=NNC(=O)CN1C(=O)N(c2cccc(Cl)c2)C(N(O)C(=O)Nc2cccc(Cl)c2)C1(C)C)c1ccc(Br)cc1. The molecule has 1 aliphatic rings. The molecule has 0 spiro atoms. The van der Waals surface area contributed by atoms with Gasteiger partial charge in [0.1, 0.15) is 6.54 Å². The lowest BCUT2D eigenvalue weighted by atomic mass is 9.99. The lowest BCUT2D eigenvalue weighted by Crippen LogP contribution is -2.58. The van der Waals surface area contributed by atoms with Crippen LogP contribution in [0.15, 0.2) is 82.4 Å². The summed E-state index contributed by atoms with van der Waals surface area (Å²) in [5.74, 6) is -0.567. The molecule has 0 aliphatic carbocycles. The van der Waals surface area contributed by atoms with Crippen LogP contribution in [0.2, 0.25) is 10.0 Å². The molecule has 1 atom stereocenters. The van der Waals surface area contributed by atoms with E-state index in [-0.39, 0.29) is 0 Å². The van der Waals surface area contributed by atoms with Gasteiger partial charge in [-0.25, -0.2) is 15.0 Å². The van der Waals surface area contributed by atoms with Crippen molar-refractivity contribution in [3.05, 3.63) is 92.9 Å². The molecular weight excluding hydrogens is 635 g/mol. The summed E-state index contributed by atoms with van der Waals surface area (Å²) in [4.78, 5) is 42.4. The number of rotatable bonds is 7. The van der Waals surface area contributed by atoms with Crippen LogP contribution in [0.5, 0.6) is 0 Å². The molecule has 41 heavy (non-hydrogen) atoms. The third kappa shape index (κ3) is 6.82. The predicted molar refractivity (Wildman–Crippen MR) is 162 cm³/mol. The molecule has 3 aromatic carbocycles. The largest absolute Gasteiger partial charge is 0.347 e.